The van der Waals surface area contributed by atoms with E-state index >= 15 is 0 Å². The fourth-order valence-electron chi connectivity index (χ4n) is 2.25. The normalized spacial score (nSPS) is 21.6. The molecule has 2 atom stereocenters. The summed E-state index contributed by atoms with van der Waals surface area (Å²) in [6.45, 7) is 0. The van der Waals surface area contributed by atoms with Gasteiger partial charge < -0.3 is 10.5 Å². The second kappa shape index (κ2) is 6.21. The SMILES string of the molecule is COc1ccc(Br)cc1[C@H]1C(C#N)=C(N)SC(=N)[C@@H]1C#N. The van der Waals surface area contributed by atoms with Crippen LogP contribution in [-0.4, -0.2) is 12.2 Å². The third-order valence-corrected chi connectivity index (χ3v) is 4.61. The van der Waals surface area contributed by atoms with Gasteiger partial charge in [0.05, 0.1) is 34.9 Å². The first kappa shape index (κ1) is 15.4. The number of halogens is 1. The molecular formula is C14H11BrN4OS. The highest BCUT2D eigenvalue weighted by molar-refractivity contribution is 9.10. The van der Waals surface area contributed by atoms with E-state index in [1.54, 1.807) is 12.1 Å². The molecule has 3 N–H and O–H groups in total. The molecule has 106 valence electrons. The molecule has 1 heterocycles. The van der Waals surface area contributed by atoms with Crippen LogP contribution in [0.3, 0.4) is 0 Å². The van der Waals surface area contributed by atoms with Crippen molar-refractivity contribution < 1.29 is 4.74 Å². The lowest BCUT2D eigenvalue weighted by atomic mass is 9.81. The lowest BCUT2D eigenvalue weighted by Gasteiger charge is -2.28. The summed E-state index contributed by atoms with van der Waals surface area (Å²) in [5, 5.41) is 27.2. The molecule has 21 heavy (non-hydrogen) atoms. The maximum absolute atomic E-state index is 9.40. The third-order valence-electron chi connectivity index (χ3n) is 3.20. The molecule has 0 fully saturated rings. The van der Waals surface area contributed by atoms with E-state index in [1.807, 2.05) is 6.07 Å². The number of hydrogen-bond donors (Lipinski definition) is 2. The summed E-state index contributed by atoms with van der Waals surface area (Å²) >= 11 is 4.34. The first-order chi connectivity index (χ1) is 10.0. The highest BCUT2D eigenvalue weighted by Gasteiger charge is 2.38. The summed E-state index contributed by atoms with van der Waals surface area (Å²) < 4.78 is 6.13. The molecule has 1 aromatic rings. The van der Waals surface area contributed by atoms with E-state index < -0.39 is 11.8 Å². The van der Waals surface area contributed by atoms with Gasteiger partial charge in [-0.05, 0) is 18.2 Å². The van der Waals surface area contributed by atoms with Gasteiger partial charge in [0, 0.05) is 16.0 Å². The molecule has 0 amide bonds. The van der Waals surface area contributed by atoms with Crippen LogP contribution >= 0.6 is 27.7 Å². The van der Waals surface area contributed by atoms with Gasteiger partial charge in [0.2, 0.25) is 0 Å². The highest BCUT2D eigenvalue weighted by atomic mass is 79.9. The molecule has 0 aliphatic carbocycles. The Balaban J connectivity index is 2.71. The molecule has 1 aliphatic rings. The largest absolute Gasteiger partial charge is 0.496 e. The highest BCUT2D eigenvalue weighted by Crippen LogP contribution is 2.45. The zero-order valence-electron chi connectivity index (χ0n) is 11.1. The number of allylic oxidation sites excluding steroid dienone is 1. The Labute approximate surface area is 135 Å². The minimum absolute atomic E-state index is 0.140. The number of thioether (sulfide) groups is 1. The average Bonchev–Trinajstić information content (AvgIpc) is 2.46. The molecule has 0 bridgehead atoms. The second-order valence-corrected chi connectivity index (χ2v) is 6.33. The van der Waals surface area contributed by atoms with Crippen LogP contribution in [0.1, 0.15) is 11.5 Å². The quantitative estimate of drug-likeness (QED) is 0.840. The van der Waals surface area contributed by atoms with Gasteiger partial charge in [-0.2, -0.15) is 10.5 Å². The van der Waals surface area contributed by atoms with E-state index in [0.29, 0.717) is 16.9 Å². The van der Waals surface area contributed by atoms with Crippen molar-refractivity contribution in [2.24, 2.45) is 11.7 Å². The van der Waals surface area contributed by atoms with E-state index in [9.17, 15) is 10.5 Å². The molecular weight excluding hydrogens is 352 g/mol. The lowest BCUT2D eigenvalue weighted by Crippen LogP contribution is -2.27. The zero-order chi connectivity index (χ0) is 15.6. The number of rotatable bonds is 2. The predicted octanol–water partition coefficient (Wildman–Crippen LogP) is 3.10. The summed E-state index contributed by atoms with van der Waals surface area (Å²) in [5.41, 5.74) is 6.85. The maximum atomic E-state index is 9.40. The van der Waals surface area contributed by atoms with Gasteiger partial charge in [-0.15, -0.1) is 0 Å². The number of benzene rings is 1. The number of nitrogens with two attached hydrogens (primary N) is 1. The monoisotopic (exact) mass is 362 g/mol. The smallest absolute Gasteiger partial charge is 0.122 e. The summed E-state index contributed by atoms with van der Waals surface area (Å²) in [7, 11) is 1.52. The number of hydrogen-bond acceptors (Lipinski definition) is 6. The number of nitrogens with zero attached hydrogens (tertiary/aromatic N) is 2. The number of nitriles is 2. The summed E-state index contributed by atoms with van der Waals surface area (Å²) in [4.78, 5) is 0. The molecule has 0 saturated carbocycles. The molecule has 0 aromatic heterocycles. The fraction of sp³-hybridized carbons (Fsp3) is 0.214. The van der Waals surface area contributed by atoms with Crippen molar-refractivity contribution in [3.63, 3.8) is 0 Å². The molecule has 0 spiro atoms. The predicted molar refractivity (Wildman–Crippen MR) is 84.7 cm³/mol. The van der Waals surface area contributed by atoms with E-state index in [4.69, 9.17) is 15.9 Å². The Morgan fingerprint density at radius 1 is 1.43 bits per heavy atom. The Bertz CT molecular complexity index is 717. The van der Waals surface area contributed by atoms with E-state index in [1.165, 1.54) is 7.11 Å². The first-order valence-electron chi connectivity index (χ1n) is 5.92. The van der Waals surface area contributed by atoms with Crippen molar-refractivity contribution in [3.8, 4) is 17.9 Å². The van der Waals surface area contributed by atoms with Crippen LogP contribution < -0.4 is 10.5 Å². The van der Waals surface area contributed by atoms with Crippen molar-refractivity contribution in [3.05, 3.63) is 38.8 Å². The van der Waals surface area contributed by atoms with Gasteiger partial charge in [0.1, 0.15) is 11.7 Å². The second-order valence-electron chi connectivity index (χ2n) is 4.33. The van der Waals surface area contributed by atoms with Crippen LogP contribution in [0.5, 0.6) is 5.75 Å². The van der Waals surface area contributed by atoms with E-state index in [-0.39, 0.29) is 10.1 Å². The van der Waals surface area contributed by atoms with Crippen LogP contribution in [0.4, 0.5) is 0 Å². The number of ether oxygens (including phenoxy) is 1. The van der Waals surface area contributed by atoms with Gasteiger partial charge >= 0.3 is 0 Å². The summed E-state index contributed by atoms with van der Waals surface area (Å²) in [5.74, 6) is -0.787. The maximum Gasteiger partial charge on any atom is 0.122 e. The third kappa shape index (κ3) is 2.76. The Morgan fingerprint density at radius 3 is 2.71 bits per heavy atom. The van der Waals surface area contributed by atoms with E-state index in [2.05, 4.69) is 28.1 Å². The first-order valence-corrected chi connectivity index (χ1v) is 7.53. The van der Waals surface area contributed by atoms with Crippen LogP contribution in [0, 0.1) is 34.0 Å². The summed E-state index contributed by atoms with van der Waals surface area (Å²) in [6.07, 6.45) is 0. The summed E-state index contributed by atoms with van der Waals surface area (Å²) in [6, 6.07) is 9.53. The van der Waals surface area contributed by atoms with E-state index in [0.717, 1.165) is 16.2 Å². The minimum atomic E-state index is -0.750. The average molecular weight is 363 g/mol. The van der Waals surface area contributed by atoms with Crippen molar-refractivity contribution in [2.75, 3.05) is 7.11 Å². The molecule has 1 aliphatic heterocycles. The van der Waals surface area contributed by atoms with Crippen LogP contribution in [0.15, 0.2) is 33.3 Å². The van der Waals surface area contributed by atoms with Gasteiger partial charge in [0.15, 0.2) is 0 Å². The molecule has 1 aromatic carbocycles. The van der Waals surface area contributed by atoms with Crippen LogP contribution in [0.25, 0.3) is 0 Å². The zero-order valence-corrected chi connectivity index (χ0v) is 13.5. The Hall–Kier alpha value is -1.96. The molecule has 7 heteroatoms. The Kier molecular flexibility index (Phi) is 4.56. The molecule has 5 nitrogen and oxygen atoms in total. The van der Waals surface area contributed by atoms with Gasteiger partial charge in [0.25, 0.3) is 0 Å². The molecule has 0 unspecified atom stereocenters. The Morgan fingerprint density at radius 2 is 2.14 bits per heavy atom. The molecule has 0 saturated heterocycles. The van der Waals surface area contributed by atoms with Crippen LogP contribution in [0.2, 0.25) is 0 Å². The van der Waals surface area contributed by atoms with Crippen LogP contribution in [-0.2, 0) is 0 Å². The standard InChI is InChI=1S/C14H11BrN4OS/c1-20-11-3-2-7(15)4-8(11)12-9(5-16)13(18)21-14(19)10(12)6-17/h2-4,9,12,18H,19H2,1H3/t9-,12-/m1/s1. The van der Waals surface area contributed by atoms with Gasteiger partial charge in [-0.3, -0.25) is 5.41 Å². The van der Waals surface area contributed by atoms with Gasteiger partial charge in [-0.25, -0.2) is 0 Å². The topological polar surface area (TPSA) is 107 Å². The van der Waals surface area contributed by atoms with Crippen molar-refractivity contribution >= 4 is 32.7 Å². The fourth-order valence-corrected chi connectivity index (χ4v) is 3.46. The minimum Gasteiger partial charge on any atom is -0.496 e. The van der Waals surface area contributed by atoms with Crippen molar-refractivity contribution in [1.29, 1.82) is 15.9 Å². The number of nitrogens with one attached hydrogen (secondary N) is 1. The number of methoxy groups -OCH3 is 1. The van der Waals surface area contributed by atoms with Crippen molar-refractivity contribution in [2.45, 2.75) is 5.92 Å². The molecule has 0 radical (unpaired) electrons. The lowest BCUT2D eigenvalue weighted by molar-refractivity contribution is 0.406. The van der Waals surface area contributed by atoms with Gasteiger partial charge in [-0.1, -0.05) is 27.7 Å². The van der Waals surface area contributed by atoms with Crippen molar-refractivity contribution in [1.82, 2.24) is 0 Å². The molecule has 2 rings (SSSR count).